The van der Waals surface area contributed by atoms with Gasteiger partial charge in [0, 0.05) is 38.1 Å². The minimum absolute atomic E-state index is 0.384. The van der Waals surface area contributed by atoms with E-state index < -0.39 is 0 Å². The van der Waals surface area contributed by atoms with Gasteiger partial charge >= 0.3 is 0 Å². The van der Waals surface area contributed by atoms with E-state index in [1.807, 2.05) is 23.1 Å². The molecular weight excluding hydrogens is 274 g/mol. The Morgan fingerprint density at radius 1 is 1.36 bits per heavy atom. The quantitative estimate of drug-likeness (QED) is 0.441. The zero-order valence-electron chi connectivity index (χ0n) is 14.9. The van der Waals surface area contributed by atoms with Crippen LogP contribution in [-0.2, 0) is 6.54 Å². The second-order valence-electron chi connectivity index (χ2n) is 7.03. The maximum absolute atomic E-state index is 4.65. The van der Waals surface area contributed by atoms with Gasteiger partial charge in [0.15, 0.2) is 5.96 Å². The van der Waals surface area contributed by atoms with Gasteiger partial charge in [-0.15, -0.1) is 0 Å². The minimum atomic E-state index is 0.384. The third-order valence-corrected chi connectivity index (χ3v) is 3.43. The Kier molecular flexibility index (Phi) is 7.99. The molecule has 0 aliphatic rings. The fourth-order valence-electron chi connectivity index (χ4n) is 2.13. The van der Waals surface area contributed by atoms with E-state index in [-0.39, 0.29) is 0 Å². The maximum atomic E-state index is 4.65. The fraction of sp³-hybridized carbons (Fsp3) is 0.765. The minimum Gasteiger partial charge on any atom is -0.357 e. The van der Waals surface area contributed by atoms with E-state index in [0.717, 1.165) is 38.4 Å². The first kappa shape index (κ1) is 18.5. The molecule has 0 spiro atoms. The van der Waals surface area contributed by atoms with Crippen molar-refractivity contribution in [2.24, 2.45) is 10.4 Å². The number of hydrogen-bond donors (Lipinski definition) is 2. The largest absolute Gasteiger partial charge is 0.357 e. The summed E-state index contributed by atoms with van der Waals surface area (Å²) in [5, 5.41) is 11.0. The van der Waals surface area contributed by atoms with Crippen molar-refractivity contribution >= 4 is 5.96 Å². The van der Waals surface area contributed by atoms with E-state index in [1.54, 1.807) is 0 Å². The van der Waals surface area contributed by atoms with E-state index in [1.165, 1.54) is 6.42 Å². The molecule has 0 saturated carbocycles. The average molecular weight is 307 g/mol. The molecule has 1 rings (SSSR count). The van der Waals surface area contributed by atoms with Gasteiger partial charge in [-0.1, -0.05) is 20.8 Å². The molecule has 0 saturated heterocycles. The summed E-state index contributed by atoms with van der Waals surface area (Å²) in [5.41, 5.74) is 0.384. The van der Waals surface area contributed by atoms with Crippen LogP contribution in [-0.4, -0.2) is 34.9 Å². The molecule has 0 fully saturated rings. The zero-order chi connectivity index (χ0) is 16.4. The van der Waals surface area contributed by atoms with Crippen LogP contribution in [0.15, 0.2) is 23.5 Å². The predicted octanol–water partition coefficient (Wildman–Crippen LogP) is 3.04. The van der Waals surface area contributed by atoms with Crippen LogP contribution in [0.3, 0.4) is 0 Å². The highest BCUT2D eigenvalue weighted by Crippen LogP contribution is 2.21. The highest BCUT2D eigenvalue weighted by atomic mass is 15.3. The van der Waals surface area contributed by atoms with E-state index in [2.05, 4.69) is 55.3 Å². The van der Waals surface area contributed by atoms with Gasteiger partial charge in [-0.3, -0.25) is 9.67 Å². The van der Waals surface area contributed by atoms with Crippen molar-refractivity contribution in [3.8, 4) is 0 Å². The molecule has 0 amide bonds. The van der Waals surface area contributed by atoms with Gasteiger partial charge in [0.1, 0.15) is 0 Å². The monoisotopic (exact) mass is 307 g/mol. The van der Waals surface area contributed by atoms with Gasteiger partial charge in [0.05, 0.1) is 0 Å². The van der Waals surface area contributed by atoms with Crippen LogP contribution >= 0.6 is 0 Å². The molecule has 0 radical (unpaired) electrons. The number of aromatic nitrogens is 2. The lowest BCUT2D eigenvalue weighted by atomic mass is 9.89. The topological polar surface area (TPSA) is 54.2 Å². The Hall–Kier alpha value is -1.52. The smallest absolute Gasteiger partial charge is 0.191 e. The van der Waals surface area contributed by atoms with Gasteiger partial charge in [-0.2, -0.15) is 5.10 Å². The number of aliphatic imine (C=N–C) groups is 1. The summed E-state index contributed by atoms with van der Waals surface area (Å²) >= 11 is 0. The molecule has 1 aromatic heterocycles. The van der Waals surface area contributed by atoms with Gasteiger partial charge in [0.2, 0.25) is 0 Å². The fourth-order valence-corrected chi connectivity index (χ4v) is 2.13. The molecule has 1 aromatic rings. The molecule has 1 atom stereocenters. The van der Waals surface area contributed by atoms with Crippen LogP contribution < -0.4 is 10.6 Å². The number of guanidine groups is 1. The van der Waals surface area contributed by atoms with Crippen LogP contribution in [0.25, 0.3) is 0 Å². The van der Waals surface area contributed by atoms with Crippen molar-refractivity contribution in [1.29, 1.82) is 0 Å². The summed E-state index contributed by atoms with van der Waals surface area (Å²) in [6.45, 7) is 13.8. The predicted molar refractivity (Wildman–Crippen MR) is 94.1 cm³/mol. The number of nitrogens with one attached hydrogen (secondary N) is 2. The molecule has 2 N–H and O–H groups in total. The molecule has 126 valence electrons. The maximum Gasteiger partial charge on any atom is 0.191 e. The first-order valence-corrected chi connectivity index (χ1v) is 8.43. The second-order valence-corrected chi connectivity index (χ2v) is 7.03. The van der Waals surface area contributed by atoms with Crippen LogP contribution in [0.1, 0.15) is 53.9 Å². The van der Waals surface area contributed by atoms with Crippen LogP contribution in [0.4, 0.5) is 0 Å². The lowest BCUT2D eigenvalue weighted by Gasteiger charge is -2.23. The summed E-state index contributed by atoms with van der Waals surface area (Å²) in [4.78, 5) is 4.65. The summed E-state index contributed by atoms with van der Waals surface area (Å²) in [5.74, 6) is 0.921. The Balaban J connectivity index is 2.34. The van der Waals surface area contributed by atoms with E-state index in [9.17, 15) is 0 Å². The third kappa shape index (κ3) is 8.70. The summed E-state index contributed by atoms with van der Waals surface area (Å²) in [7, 11) is 0. The number of aryl methyl sites for hydroxylation is 1. The molecular formula is C17H33N5. The average Bonchev–Trinajstić information content (AvgIpc) is 2.94. The van der Waals surface area contributed by atoms with E-state index >= 15 is 0 Å². The van der Waals surface area contributed by atoms with Gasteiger partial charge in [0.25, 0.3) is 0 Å². The zero-order valence-corrected chi connectivity index (χ0v) is 14.9. The van der Waals surface area contributed by atoms with E-state index in [0.29, 0.717) is 11.5 Å². The lowest BCUT2D eigenvalue weighted by molar-refractivity contribution is 0.346. The molecule has 5 nitrogen and oxygen atoms in total. The molecule has 0 aliphatic heterocycles. The van der Waals surface area contributed by atoms with Crippen LogP contribution in [0.5, 0.6) is 0 Å². The van der Waals surface area contributed by atoms with Crippen molar-refractivity contribution in [3.05, 3.63) is 18.5 Å². The van der Waals surface area contributed by atoms with Crippen molar-refractivity contribution in [2.75, 3.05) is 13.1 Å². The molecule has 5 heteroatoms. The number of rotatable bonds is 8. The standard InChI is InChI=1S/C17H33N5/c1-6-18-16(21-15(2)9-10-17(3,4)5)19-11-7-13-22-14-8-12-20-22/h8,12,14-15H,6-7,9-11,13H2,1-5H3,(H2,18,19,21). The third-order valence-electron chi connectivity index (χ3n) is 3.43. The van der Waals surface area contributed by atoms with Gasteiger partial charge in [-0.25, -0.2) is 0 Å². The van der Waals surface area contributed by atoms with Gasteiger partial charge in [-0.05, 0) is 44.6 Å². The first-order chi connectivity index (χ1) is 10.4. The Morgan fingerprint density at radius 3 is 2.73 bits per heavy atom. The van der Waals surface area contributed by atoms with Crippen LogP contribution in [0.2, 0.25) is 0 Å². The molecule has 0 aromatic carbocycles. The van der Waals surface area contributed by atoms with Crippen LogP contribution in [0, 0.1) is 5.41 Å². The Morgan fingerprint density at radius 2 is 2.14 bits per heavy atom. The summed E-state index contributed by atoms with van der Waals surface area (Å²) in [6, 6.07) is 2.38. The Bertz CT molecular complexity index is 417. The summed E-state index contributed by atoms with van der Waals surface area (Å²) in [6.07, 6.45) is 7.16. The highest BCUT2D eigenvalue weighted by Gasteiger charge is 2.13. The lowest BCUT2D eigenvalue weighted by Crippen LogP contribution is -2.42. The normalized spacial score (nSPS) is 14.0. The van der Waals surface area contributed by atoms with Crippen molar-refractivity contribution in [1.82, 2.24) is 20.4 Å². The van der Waals surface area contributed by atoms with E-state index in [4.69, 9.17) is 0 Å². The molecule has 0 bridgehead atoms. The highest BCUT2D eigenvalue weighted by molar-refractivity contribution is 5.79. The van der Waals surface area contributed by atoms with Crippen molar-refractivity contribution < 1.29 is 0 Å². The molecule has 1 unspecified atom stereocenters. The molecule has 22 heavy (non-hydrogen) atoms. The second kappa shape index (κ2) is 9.49. The molecule has 0 aliphatic carbocycles. The van der Waals surface area contributed by atoms with Crippen molar-refractivity contribution in [2.45, 2.75) is 66.5 Å². The summed E-state index contributed by atoms with van der Waals surface area (Å²) < 4.78 is 1.95. The first-order valence-electron chi connectivity index (χ1n) is 8.43. The SMILES string of the molecule is CCNC(=NCCCn1cccn1)NC(C)CCC(C)(C)C. The number of hydrogen-bond acceptors (Lipinski definition) is 2. The molecule has 1 heterocycles. The van der Waals surface area contributed by atoms with Gasteiger partial charge < -0.3 is 10.6 Å². The Labute approximate surface area is 135 Å². The van der Waals surface area contributed by atoms with Crippen molar-refractivity contribution in [3.63, 3.8) is 0 Å². The number of nitrogens with zero attached hydrogens (tertiary/aromatic N) is 3.